The highest BCUT2D eigenvalue weighted by Crippen LogP contribution is 2.27. The molecular formula is C19H19BrO5. The first-order chi connectivity index (χ1) is 12.0. The standard InChI is InChI=1S/C19H19BrO5/c1-2-3-4-11-24-15-8-5-13(6-9-15)19(23)25-17-10-7-14(18(21)22)12-16(17)20/h5-10,12H,2-4,11H2,1H3,(H,21,22). The fourth-order valence-corrected chi connectivity index (χ4v) is 2.56. The summed E-state index contributed by atoms with van der Waals surface area (Å²) < 4.78 is 11.3. The lowest BCUT2D eigenvalue weighted by Gasteiger charge is -2.09. The Kier molecular flexibility index (Phi) is 7.01. The summed E-state index contributed by atoms with van der Waals surface area (Å²) in [4.78, 5) is 23.1. The second-order valence-corrected chi connectivity index (χ2v) is 6.27. The highest BCUT2D eigenvalue weighted by atomic mass is 79.9. The van der Waals surface area contributed by atoms with Crippen molar-refractivity contribution in [2.45, 2.75) is 26.2 Å². The Balaban J connectivity index is 1.98. The maximum atomic E-state index is 12.2. The number of carboxylic acid groups (broad SMARTS) is 1. The molecule has 0 unspecified atom stereocenters. The van der Waals surface area contributed by atoms with E-state index < -0.39 is 11.9 Å². The van der Waals surface area contributed by atoms with Crippen molar-refractivity contribution >= 4 is 27.9 Å². The fourth-order valence-electron chi connectivity index (χ4n) is 2.10. The summed E-state index contributed by atoms with van der Waals surface area (Å²) >= 11 is 3.21. The van der Waals surface area contributed by atoms with Gasteiger partial charge in [0.15, 0.2) is 0 Å². The number of hydrogen-bond acceptors (Lipinski definition) is 4. The summed E-state index contributed by atoms with van der Waals surface area (Å²) in [5.41, 5.74) is 0.492. The number of hydrogen-bond donors (Lipinski definition) is 1. The van der Waals surface area contributed by atoms with E-state index in [1.54, 1.807) is 24.3 Å². The number of benzene rings is 2. The number of aromatic carboxylic acids is 1. The molecule has 0 saturated carbocycles. The van der Waals surface area contributed by atoms with Crippen molar-refractivity contribution in [1.82, 2.24) is 0 Å². The SMILES string of the molecule is CCCCCOc1ccc(C(=O)Oc2ccc(C(=O)O)cc2Br)cc1. The van der Waals surface area contributed by atoms with Crippen molar-refractivity contribution in [2.24, 2.45) is 0 Å². The largest absolute Gasteiger partial charge is 0.494 e. The van der Waals surface area contributed by atoms with Crippen molar-refractivity contribution in [3.8, 4) is 11.5 Å². The van der Waals surface area contributed by atoms with Gasteiger partial charge < -0.3 is 14.6 Å². The van der Waals surface area contributed by atoms with Gasteiger partial charge in [-0.1, -0.05) is 19.8 Å². The number of halogens is 1. The molecule has 6 heteroatoms. The molecule has 0 spiro atoms. The molecule has 0 aliphatic heterocycles. The van der Waals surface area contributed by atoms with Crippen molar-refractivity contribution in [3.63, 3.8) is 0 Å². The van der Waals surface area contributed by atoms with E-state index in [-0.39, 0.29) is 11.3 Å². The van der Waals surface area contributed by atoms with E-state index >= 15 is 0 Å². The number of carbonyl (C=O) groups excluding carboxylic acids is 1. The van der Waals surface area contributed by atoms with Gasteiger partial charge >= 0.3 is 11.9 Å². The Morgan fingerprint density at radius 1 is 1.04 bits per heavy atom. The summed E-state index contributed by atoms with van der Waals surface area (Å²) in [6.45, 7) is 2.79. The highest BCUT2D eigenvalue weighted by molar-refractivity contribution is 9.10. The fraction of sp³-hybridized carbons (Fsp3) is 0.263. The van der Waals surface area contributed by atoms with Crippen LogP contribution in [0.2, 0.25) is 0 Å². The smallest absolute Gasteiger partial charge is 0.343 e. The van der Waals surface area contributed by atoms with E-state index in [9.17, 15) is 9.59 Å². The van der Waals surface area contributed by atoms with Gasteiger partial charge in [0.2, 0.25) is 0 Å². The Hall–Kier alpha value is -2.34. The van der Waals surface area contributed by atoms with Crippen LogP contribution in [-0.2, 0) is 0 Å². The number of unbranched alkanes of at least 4 members (excludes halogenated alkanes) is 2. The minimum Gasteiger partial charge on any atom is -0.494 e. The molecule has 0 fully saturated rings. The number of ether oxygens (including phenoxy) is 2. The average Bonchev–Trinajstić information content (AvgIpc) is 2.60. The quantitative estimate of drug-likeness (QED) is 0.382. The first-order valence-electron chi connectivity index (χ1n) is 7.99. The van der Waals surface area contributed by atoms with Crippen molar-refractivity contribution in [3.05, 3.63) is 58.1 Å². The van der Waals surface area contributed by atoms with Crippen LogP contribution >= 0.6 is 15.9 Å². The summed E-state index contributed by atoms with van der Waals surface area (Å²) in [7, 11) is 0. The van der Waals surface area contributed by atoms with Crippen molar-refractivity contribution in [1.29, 1.82) is 0 Å². The Labute approximate surface area is 154 Å². The normalized spacial score (nSPS) is 10.3. The monoisotopic (exact) mass is 406 g/mol. The van der Waals surface area contributed by atoms with E-state index in [2.05, 4.69) is 22.9 Å². The third-order valence-electron chi connectivity index (χ3n) is 3.49. The maximum Gasteiger partial charge on any atom is 0.343 e. The van der Waals surface area contributed by atoms with Gasteiger partial charge in [-0.15, -0.1) is 0 Å². The number of carbonyl (C=O) groups is 2. The average molecular weight is 407 g/mol. The summed E-state index contributed by atoms with van der Waals surface area (Å²) in [5.74, 6) is -0.607. The zero-order valence-corrected chi connectivity index (χ0v) is 15.4. The molecule has 2 aromatic carbocycles. The molecule has 0 heterocycles. The van der Waals surface area contributed by atoms with Crippen molar-refractivity contribution < 1.29 is 24.2 Å². The van der Waals surface area contributed by atoms with Crippen LogP contribution in [0.4, 0.5) is 0 Å². The predicted octanol–water partition coefficient (Wildman–Crippen LogP) is 4.94. The van der Waals surface area contributed by atoms with Gasteiger partial charge in [0, 0.05) is 0 Å². The van der Waals surface area contributed by atoms with Crippen LogP contribution in [0.3, 0.4) is 0 Å². The second-order valence-electron chi connectivity index (χ2n) is 5.42. The first kappa shape index (κ1) is 19.0. The van der Waals surface area contributed by atoms with E-state index in [4.69, 9.17) is 14.6 Å². The zero-order chi connectivity index (χ0) is 18.2. The van der Waals surface area contributed by atoms with E-state index in [1.807, 2.05) is 0 Å². The molecule has 0 radical (unpaired) electrons. The minimum atomic E-state index is -1.05. The van der Waals surface area contributed by atoms with Crippen LogP contribution in [0.1, 0.15) is 46.9 Å². The molecule has 0 bridgehead atoms. The molecular weight excluding hydrogens is 388 g/mol. The topological polar surface area (TPSA) is 72.8 Å². The number of carboxylic acids is 1. The summed E-state index contributed by atoms with van der Waals surface area (Å²) in [5, 5.41) is 8.94. The summed E-state index contributed by atoms with van der Waals surface area (Å²) in [6, 6.07) is 10.9. The highest BCUT2D eigenvalue weighted by Gasteiger charge is 2.13. The Morgan fingerprint density at radius 2 is 1.72 bits per heavy atom. The molecule has 0 aliphatic rings. The molecule has 132 valence electrons. The zero-order valence-electron chi connectivity index (χ0n) is 13.8. The van der Waals surface area contributed by atoms with E-state index in [0.717, 1.165) is 19.3 Å². The van der Waals surface area contributed by atoms with Gasteiger partial charge in [0.1, 0.15) is 11.5 Å². The Bertz CT molecular complexity index is 740. The Morgan fingerprint density at radius 3 is 2.32 bits per heavy atom. The second kappa shape index (κ2) is 9.22. The lowest BCUT2D eigenvalue weighted by molar-refractivity contribution is 0.0696. The van der Waals surface area contributed by atoms with Crippen LogP contribution in [-0.4, -0.2) is 23.7 Å². The molecule has 25 heavy (non-hydrogen) atoms. The van der Waals surface area contributed by atoms with E-state index in [0.29, 0.717) is 22.4 Å². The molecule has 0 aliphatic carbocycles. The van der Waals surface area contributed by atoms with Crippen LogP contribution in [0, 0.1) is 0 Å². The molecule has 0 atom stereocenters. The van der Waals surface area contributed by atoms with Crippen LogP contribution in [0.5, 0.6) is 11.5 Å². The molecule has 5 nitrogen and oxygen atoms in total. The van der Waals surface area contributed by atoms with Gasteiger partial charge in [-0.25, -0.2) is 9.59 Å². The van der Waals surface area contributed by atoms with Crippen LogP contribution in [0.15, 0.2) is 46.9 Å². The lowest BCUT2D eigenvalue weighted by Crippen LogP contribution is -2.09. The van der Waals surface area contributed by atoms with E-state index in [1.165, 1.54) is 18.2 Å². The molecule has 0 aromatic heterocycles. The van der Waals surface area contributed by atoms with Gasteiger partial charge in [-0.05, 0) is 64.8 Å². The van der Waals surface area contributed by atoms with Gasteiger partial charge in [0.25, 0.3) is 0 Å². The third-order valence-corrected chi connectivity index (χ3v) is 4.11. The predicted molar refractivity (Wildman–Crippen MR) is 97.5 cm³/mol. The third kappa shape index (κ3) is 5.60. The van der Waals surface area contributed by atoms with Gasteiger partial charge in [0.05, 0.1) is 22.2 Å². The lowest BCUT2D eigenvalue weighted by atomic mass is 10.2. The molecule has 2 rings (SSSR count). The molecule has 1 N–H and O–H groups in total. The maximum absolute atomic E-state index is 12.2. The summed E-state index contributed by atoms with van der Waals surface area (Å²) in [6.07, 6.45) is 3.26. The van der Waals surface area contributed by atoms with Crippen LogP contribution < -0.4 is 9.47 Å². The van der Waals surface area contributed by atoms with Crippen LogP contribution in [0.25, 0.3) is 0 Å². The van der Waals surface area contributed by atoms with Gasteiger partial charge in [-0.3, -0.25) is 0 Å². The molecule has 0 saturated heterocycles. The number of rotatable bonds is 8. The van der Waals surface area contributed by atoms with Gasteiger partial charge in [-0.2, -0.15) is 0 Å². The first-order valence-corrected chi connectivity index (χ1v) is 8.78. The number of esters is 1. The molecule has 0 amide bonds. The minimum absolute atomic E-state index is 0.108. The molecule has 2 aromatic rings. The van der Waals surface area contributed by atoms with Crippen molar-refractivity contribution in [2.75, 3.05) is 6.61 Å².